The lowest BCUT2D eigenvalue weighted by atomic mass is 9.79. The molecule has 1 aromatic heterocycles. The van der Waals surface area contributed by atoms with Crippen molar-refractivity contribution in [1.82, 2.24) is 10.3 Å². The Hall–Kier alpha value is -2.45. The van der Waals surface area contributed by atoms with E-state index in [0.717, 1.165) is 29.2 Å². The molecule has 2 atom stereocenters. The molecule has 0 radical (unpaired) electrons. The highest BCUT2D eigenvalue weighted by molar-refractivity contribution is 8.13. The molecule has 4 rings (SSSR count). The Morgan fingerprint density at radius 1 is 1.34 bits per heavy atom. The maximum atomic E-state index is 12.3. The molecule has 0 bridgehead atoms. The fraction of sp³-hybridized carbons (Fsp3) is 0.435. The predicted octanol–water partition coefficient (Wildman–Crippen LogP) is 5.72. The first kappa shape index (κ1) is 22.7. The predicted molar refractivity (Wildman–Crippen MR) is 129 cm³/mol. The van der Waals surface area contributed by atoms with Gasteiger partial charge in [-0.3, -0.25) is 10.3 Å². The Kier molecular flexibility index (Phi) is 6.27. The van der Waals surface area contributed by atoms with Crippen molar-refractivity contribution in [3.05, 3.63) is 47.1 Å². The first-order valence-electron chi connectivity index (χ1n) is 10.5. The van der Waals surface area contributed by atoms with Crippen molar-refractivity contribution in [2.45, 2.75) is 45.3 Å². The number of nitrogens with zero attached hydrogens (tertiary/aromatic N) is 2. The van der Waals surface area contributed by atoms with E-state index in [1.54, 1.807) is 18.3 Å². The maximum Gasteiger partial charge on any atom is 0.413 e. The van der Waals surface area contributed by atoms with Gasteiger partial charge in [0.05, 0.1) is 17.2 Å². The van der Waals surface area contributed by atoms with Crippen LogP contribution in [-0.4, -0.2) is 34.2 Å². The Bertz CT molecular complexity index is 1060. The molecule has 0 saturated carbocycles. The van der Waals surface area contributed by atoms with Gasteiger partial charge in [0.25, 0.3) is 0 Å². The summed E-state index contributed by atoms with van der Waals surface area (Å²) in [5.74, 6) is 2.45. The average molecular weight is 475 g/mol. The Labute approximate surface area is 197 Å². The number of carbonyl (C=O) groups is 1. The van der Waals surface area contributed by atoms with Crippen molar-refractivity contribution < 1.29 is 14.3 Å². The van der Waals surface area contributed by atoms with Gasteiger partial charge in [-0.1, -0.05) is 23.4 Å². The molecule has 2 aliphatic rings. The lowest BCUT2D eigenvalue weighted by Crippen LogP contribution is -2.42. The number of hydrogen-bond acceptors (Lipinski definition) is 7. The molecular weight excluding hydrogens is 448 g/mol. The molecular formula is C23H27ClN4O3S. The van der Waals surface area contributed by atoms with E-state index in [2.05, 4.69) is 22.5 Å². The molecule has 2 aromatic rings. The second-order valence-electron chi connectivity index (χ2n) is 9.01. The fourth-order valence-corrected chi connectivity index (χ4v) is 5.26. The first-order chi connectivity index (χ1) is 15.1. The number of rotatable bonds is 2. The zero-order valence-electron chi connectivity index (χ0n) is 18.6. The van der Waals surface area contributed by atoms with Gasteiger partial charge in [-0.15, -0.1) is 0 Å². The first-order valence-corrected chi connectivity index (χ1v) is 11.9. The second-order valence-corrected chi connectivity index (χ2v) is 10.4. The minimum Gasteiger partial charge on any atom is -0.493 e. The summed E-state index contributed by atoms with van der Waals surface area (Å²) in [7, 11) is 0. The highest BCUT2D eigenvalue weighted by atomic mass is 35.5. The van der Waals surface area contributed by atoms with Gasteiger partial charge in [0.2, 0.25) is 0 Å². The Morgan fingerprint density at radius 3 is 2.91 bits per heavy atom. The van der Waals surface area contributed by atoms with Crippen molar-refractivity contribution in [3.63, 3.8) is 0 Å². The van der Waals surface area contributed by atoms with Crippen LogP contribution in [0.25, 0.3) is 0 Å². The number of ether oxygens (including phenoxy) is 2. The molecule has 1 amide bonds. The summed E-state index contributed by atoms with van der Waals surface area (Å²) in [6.07, 6.45) is 2.06. The largest absolute Gasteiger partial charge is 0.493 e. The molecule has 0 fully saturated rings. The Morgan fingerprint density at radius 2 is 2.16 bits per heavy atom. The number of aliphatic imine (C=N–C) groups is 1. The van der Waals surface area contributed by atoms with Crippen LogP contribution < -0.4 is 15.4 Å². The van der Waals surface area contributed by atoms with E-state index in [9.17, 15) is 4.79 Å². The van der Waals surface area contributed by atoms with Crippen LogP contribution in [0, 0.1) is 5.92 Å². The third-order valence-corrected chi connectivity index (χ3v) is 6.77. The average Bonchev–Trinajstić information content (AvgIpc) is 2.84. The van der Waals surface area contributed by atoms with Gasteiger partial charge < -0.3 is 14.8 Å². The number of aromatic nitrogens is 1. The summed E-state index contributed by atoms with van der Waals surface area (Å²) in [5, 5.41) is 7.19. The number of thioether (sulfide) groups is 1. The van der Waals surface area contributed by atoms with E-state index >= 15 is 0 Å². The van der Waals surface area contributed by atoms with Crippen molar-refractivity contribution in [2.75, 3.05) is 17.7 Å². The topological polar surface area (TPSA) is 84.8 Å². The molecule has 1 aromatic carbocycles. The molecule has 7 nitrogen and oxygen atoms in total. The molecule has 0 spiro atoms. The van der Waals surface area contributed by atoms with Gasteiger partial charge in [0.15, 0.2) is 5.17 Å². The maximum absolute atomic E-state index is 12.3. The standard InChI is InChI=1S/C23H27ClN4O3S/c1-22(2,3)31-21(29)27-20-28-23(4)14(13-32-20)9-11-30-18-8-7-15(12-16(18)23)26-19-17(24)6-5-10-25-19/h5-8,10,12,14H,9,11,13H2,1-4H3,(H,25,26)(H,27,28,29)/t14-,23+/m1/s1. The van der Waals surface area contributed by atoms with Crippen LogP contribution >= 0.6 is 23.4 Å². The minimum absolute atomic E-state index is 0.256. The summed E-state index contributed by atoms with van der Waals surface area (Å²) in [5.41, 5.74) is 0.658. The number of pyridine rings is 1. The number of carbonyl (C=O) groups excluding carboxylic acids is 1. The normalized spacial score (nSPS) is 22.4. The number of alkyl carbamates (subject to hydrolysis) is 1. The van der Waals surface area contributed by atoms with Crippen LogP contribution in [-0.2, 0) is 10.3 Å². The second kappa shape index (κ2) is 8.83. The number of amides is 1. The molecule has 2 N–H and O–H groups in total. The summed E-state index contributed by atoms with van der Waals surface area (Å²) < 4.78 is 11.5. The molecule has 2 aliphatic heterocycles. The number of amidine groups is 1. The SMILES string of the molecule is CC(C)(C)OC(=O)NC1=N[C@]2(C)c3cc(Nc4ncccc4Cl)ccc3OCC[C@@H]2CS1. The summed E-state index contributed by atoms with van der Waals surface area (Å²) in [4.78, 5) is 21.6. The van der Waals surface area contributed by atoms with E-state index in [1.807, 2.05) is 39.0 Å². The highest BCUT2D eigenvalue weighted by Crippen LogP contribution is 2.48. The van der Waals surface area contributed by atoms with Crippen LogP contribution in [0.4, 0.5) is 16.3 Å². The van der Waals surface area contributed by atoms with Crippen molar-refractivity contribution >= 4 is 46.1 Å². The third-order valence-electron chi connectivity index (χ3n) is 5.43. The van der Waals surface area contributed by atoms with Gasteiger partial charge in [-0.2, -0.15) is 0 Å². The number of hydrogen-bond donors (Lipinski definition) is 2. The smallest absolute Gasteiger partial charge is 0.413 e. The van der Waals surface area contributed by atoms with Crippen molar-refractivity contribution in [1.29, 1.82) is 0 Å². The van der Waals surface area contributed by atoms with E-state index in [-0.39, 0.29) is 5.92 Å². The Balaban J connectivity index is 1.66. The molecule has 0 saturated heterocycles. The van der Waals surface area contributed by atoms with Gasteiger partial charge in [-0.05, 0) is 64.4 Å². The molecule has 170 valence electrons. The molecule has 0 aliphatic carbocycles. The quantitative estimate of drug-likeness (QED) is 0.579. The number of benzene rings is 1. The summed E-state index contributed by atoms with van der Waals surface area (Å²) >= 11 is 7.80. The van der Waals surface area contributed by atoms with Crippen LogP contribution in [0.2, 0.25) is 5.02 Å². The molecule has 32 heavy (non-hydrogen) atoms. The lowest BCUT2D eigenvalue weighted by molar-refractivity contribution is 0.0564. The lowest BCUT2D eigenvalue weighted by Gasteiger charge is -2.37. The summed E-state index contributed by atoms with van der Waals surface area (Å²) in [6, 6.07) is 9.49. The van der Waals surface area contributed by atoms with Gasteiger partial charge in [0, 0.05) is 29.1 Å². The minimum atomic E-state index is -0.577. The van der Waals surface area contributed by atoms with E-state index in [4.69, 9.17) is 26.1 Å². The van der Waals surface area contributed by atoms with Crippen LogP contribution in [0.5, 0.6) is 5.75 Å². The van der Waals surface area contributed by atoms with Crippen molar-refractivity contribution in [2.24, 2.45) is 10.9 Å². The van der Waals surface area contributed by atoms with Crippen molar-refractivity contribution in [3.8, 4) is 5.75 Å². The number of nitrogens with one attached hydrogen (secondary N) is 2. The van der Waals surface area contributed by atoms with E-state index in [1.165, 1.54) is 11.8 Å². The number of anilines is 2. The highest BCUT2D eigenvalue weighted by Gasteiger charge is 2.43. The van der Waals surface area contributed by atoms with Crippen LogP contribution in [0.3, 0.4) is 0 Å². The molecule has 3 heterocycles. The number of fused-ring (bicyclic) bond motifs is 3. The zero-order valence-corrected chi connectivity index (χ0v) is 20.1. The summed E-state index contributed by atoms with van der Waals surface area (Å²) in [6.45, 7) is 8.22. The number of halogens is 1. The van der Waals surface area contributed by atoms with Gasteiger partial charge >= 0.3 is 6.09 Å². The third kappa shape index (κ3) is 4.96. The van der Waals surface area contributed by atoms with Crippen LogP contribution in [0.1, 0.15) is 39.7 Å². The van der Waals surface area contributed by atoms with Gasteiger partial charge in [-0.25, -0.2) is 9.78 Å². The van der Waals surface area contributed by atoms with E-state index in [0.29, 0.717) is 22.6 Å². The molecule has 9 heteroatoms. The fourth-order valence-electron chi connectivity index (χ4n) is 3.83. The van der Waals surface area contributed by atoms with E-state index < -0.39 is 17.2 Å². The monoisotopic (exact) mass is 474 g/mol. The van der Waals surface area contributed by atoms with Crippen LogP contribution in [0.15, 0.2) is 41.5 Å². The van der Waals surface area contributed by atoms with Gasteiger partial charge in [0.1, 0.15) is 17.2 Å². The zero-order chi connectivity index (χ0) is 22.9. The molecule has 0 unspecified atom stereocenters.